The van der Waals surface area contributed by atoms with Crippen LogP contribution in [0.15, 0.2) is 24.3 Å². The van der Waals surface area contributed by atoms with Gasteiger partial charge in [0.25, 0.3) is 0 Å². The highest BCUT2D eigenvalue weighted by molar-refractivity contribution is 5.90. The van der Waals surface area contributed by atoms with Gasteiger partial charge in [-0.1, -0.05) is 19.1 Å². The molecular weight excluding hydrogens is 311 g/mol. The number of β-amino-alcohol motifs (C(OH)–C–C–N with tert-alkyl or cyclic N) is 1. The van der Waals surface area contributed by atoms with Crippen molar-refractivity contribution in [1.29, 1.82) is 0 Å². The fraction of sp³-hybridized carbons (Fsp3) is 0.556. The van der Waals surface area contributed by atoms with E-state index in [4.69, 9.17) is 0 Å². The highest BCUT2D eigenvalue weighted by Gasteiger charge is 2.45. The maximum Gasteiger partial charge on any atom is 0.228 e. The van der Waals surface area contributed by atoms with Gasteiger partial charge in [-0.2, -0.15) is 0 Å². The Hall–Kier alpha value is -1.95. The number of benzene rings is 1. The Labute approximate surface area is 141 Å². The molecule has 2 aliphatic heterocycles. The number of likely N-dealkylation sites (tertiary alicyclic amines) is 2. The third kappa shape index (κ3) is 3.02. The van der Waals surface area contributed by atoms with Crippen LogP contribution in [0.4, 0.5) is 4.39 Å². The molecule has 3 rings (SSSR count). The summed E-state index contributed by atoms with van der Waals surface area (Å²) in [5.41, 5.74) is 0.758. The molecule has 130 valence electrons. The number of aliphatic hydroxyl groups excluding tert-OH is 1. The second-order valence-electron chi connectivity index (χ2n) is 6.93. The predicted molar refractivity (Wildman–Crippen MR) is 86.4 cm³/mol. The lowest BCUT2D eigenvalue weighted by Crippen LogP contribution is -2.48. The Morgan fingerprint density at radius 3 is 2.58 bits per heavy atom. The normalized spacial score (nSPS) is 30.8. The van der Waals surface area contributed by atoms with Crippen LogP contribution in [0, 0.1) is 17.7 Å². The molecule has 24 heavy (non-hydrogen) atoms. The number of aliphatic hydroxyl groups is 1. The summed E-state index contributed by atoms with van der Waals surface area (Å²) >= 11 is 0. The summed E-state index contributed by atoms with van der Waals surface area (Å²) in [4.78, 5) is 28.4. The number of amides is 2. The average molecular weight is 334 g/mol. The van der Waals surface area contributed by atoms with Crippen molar-refractivity contribution in [3.05, 3.63) is 35.6 Å². The summed E-state index contributed by atoms with van der Waals surface area (Å²) in [6, 6.07) is 5.56. The minimum Gasteiger partial charge on any atom is -0.391 e. The predicted octanol–water partition coefficient (Wildman–Crippen LogP) is 1.57. The molecule has 2 amide bonds. The molecule has 1 N–H and O–H groups in total. The average Bonchev–Trinajstić information content (AvgIpc) is 2.86. The van der Waals surface area contributed by atoms with Crippen molar-refractivity contribution in [3.63, 3.8) is 0 Å². The lowest BCUT2D eigenvalue weighted by atomic mass is 9.90. The van der Waals surface area contributed by atoms with Crippen LogP contribution >= 0.6 is 0 Å². The molecule has 4 atom stereocenters. The van der Waals surface area contributed by atoms with Crippen LogP contribution in [0.5, 0.6) is 0 Å². The van der Waals surface area contributed by atoms with Gasteiger partial charge in [0.15, 0.2) is 0 Å². The number of piperidine rings is 1. The lowest BCUT2D eigenvalue weighted by molar-refractivity contribution is -0.140. The fourth-order valence-electron chi connectivity index (χ4n) is 3.69. The number of carbonyl (C=O) groups is 2. The second-order valence-corrected chi connectivity index (χ2v) is 6.93. The van der Waals surface area contributed by atoms with Crippen molar-refractivity contribution in [2.24, 2.45) is 11.8 Å². The van der Waals surface area contributed by atoms with Crippen molar-refractivity contribution < 1.29 is 19.1 Å². The van der Waals surface area contributed by atoms with Crippen molar-refractivity contribution >= 4 is 11.8 Å². The Kier molecular flexibility index (Phi) is 4.58. The van der Waals surface area contributed by atoms with Gasteiger partial charge in [-0.15, -0.1) is 0 Å². The van der Waals surface area contributed by atoms with Gasteiger partial charge in [-0.3, -0.25) is 9.59 Å². The first kappa shape index (κ1) is 16.9. The van der Waals surface area contributed by atoms with E-state index in [0.29, 0.717) is 13.1 Å². The van der Waals surface area contributed by atoms with Crippen LogP contribution in [-0.2, 0) is 9.59 Å². The topological polar surface area (TPSA) is 60.9 Å². The molecule has 2 fully saturated rings. The fourth-order valence-corrected chi connectivity index (χ4v) is 3.69. The van der Waals surface area contributed by atoms with Crippen molar-refractivity contribution in [3.8, 4) is 0 Å². The van der Waals surface area contributed by atoms with E-state index in [1.165, 1.54) is 12.1 Å². The second kappa shape index (κ2) is 6.51. The summed E-state index contributed by atoms with van der Waals surface area (Å²) in [5.74, 6) is -0.855. The van der Waals surface area contributed by atoms with Crippen LogP contribution in [0.25, 0.3) is 0 Å². The first-order valence-corrected chi connectivity index (χ1v) is 8.36. The first-order chi connectivity index (χ1) is 11.4. The Bertz CT molecular complexity index is 634. The molecule has 4 unspecified atom stereocenters. The van der Waals surface area contributed by atoms with Gasteiger partial charge in [0, 0.05) is 26.6 Å². The van der Waals surface area contributed by atoms with Gasteiger partial charge in [-0.25, -0.2) is 4.39 Å². The molecule has 2 heterocycles. The van der Waals surface area contributed by atoms with E-state index >= 15 is 0 Å². The molecule has 2 saturated heterocycles. The van der Waals surface area contributed by atoms with E-state index in [1.807, 2.05) is 6.92 Å². The molecule has 1 aromatic carbocycles. The van der Waals surface area contributed by atoms with Gasteiger partial charge in [0.05, 0.1) is 18.1 Å². The summed E-state index contributed by atoms with van der Waals surface area (Å²) in [7, 11) is 1.68. The summed E-state index contributed by atoms with van der Waals surface area (Å²) in [6.45, 7) is 2.88. The highest BCUT2D eigenvalue weighted by Crippen LogP contribution is 2.38. The van der Waals surface area contributed by atoms with E-state index in [2.05, 4.69) is 0 Å². The molecule has 0 bridgehead atoms. The van der Waals surface area contributed by atoms with Gasteiger partial charge in [0.1, 0.15) is 5.82 Å². The van der Waals surface area contributed by atoms with Crippen LogP contribution < -0.4 is 0 Å². The van der Waals surface area contributed by atoms with Crippen molar-refractivity contribution in [2.45, 2.75) is 31.9 Å². The smallest absolute Gasteiger partial charge is 0.228 e. The molecule has 1 aromatic rings. The molecular formula is C18H23FN2O3. The molecule has 0 aromatic heterocycles. The zero-order valence-electron chi connectivity index (χ0n) is 14.0. The minimum absolute atomic E-state index is 0.0893. The van der Waals surface area contributed by atoms with Crippen molar-refractivity contribution in [2.75, 3.05) is 20.1 Å². The monoisotopic (exact) mass is 334 g/mol. The molecule has 0 spiro atoms. The quantitative estimate of drug-likeness (QED) is 0.893. The molecule has 0 saturated carbocycles. The minimum atomic E-state index is -0.526. The maximum absolute atomic E-state index is 13.2. The van der Waals surface area contributed by atoms with Crippen LogP contribution in [0.1, 0.15) is 31.4 Å². The van der Waals surface area contributed by atoms with E-state index in [9.17, 15) is 19.1 Å². The zero-order chi connectivity index (χ0) is 17.4. The van der Waals surface area contributed by atoms with E-state index in [0.717, 1.165) is 12.0 Å². The van der Waals surface area contributed by atoms with Gasteiger partial charge in [0.2, 0.25) is 11.8 Å². The molecule has 5 nitrogen and oxygen atoms in total. The Balaban J connectivity index is 1.83. The third-order valence-electron chi connectivity index (χ3n) is 5.35. The largest absolute Gasteiger partial charge is 0.391 e. The van der Waals surface area contributed by atoms with Crippen LogP contribution in [-0.4, -0.2) is 53.0 Å². The van der Waals surface area contributed by atoms with Crippen LogP contribution in [0.2, 0.25) is 0 Å². The molecule has 0 aliphatic carbocycles. The molecule has 2 aliphatic rings. The highest BCUT2D eigenvalue weighted by atomic mass is 19.1. The SMILES string of the molecule is CC1CCN(C(=O)C2CC(=O)N(C)C2c2ccc(F)cc2)CC1O. The van der Waals surface area contributed by atoms with Crippen LogP contribution in [0.3, 0.4) is 0 Å². The zero-order valence-corrected chi connectivity index (χ0v) is 14.0. The van der Waals surface area contributed by atoms with Crippen molar-refractivity contribution in [1.82, 2.24) is 9.80 Å². The Morgan fingerprint density at radius 1 is 1.29 bits per heavy atom. The standard InChI is InChI=1S/C18H23FN2O3/c1-11-7-8-21(10-15(11)22)18(24)14-9-16(23)20(2)17(14)12-3-5-13(19)6-4-12/h3-6,11,14-15,17,22H,7-10H2,1-2H3. The van der Waals surface area contributed by atoms with E-state index in [-0.39, 0.29) is 36.0 Å². The first-order valence-electron chi connectivity index (χ1n) is 8.36. The molecule has 0 radical (unpaired) electrons. The van der Waals surface area contributed by atoms with Gasteiger partial charge >= 0.3 is 0 Å². The number of nitrogens with zero attached hydrogens (tertiary/aromatic N) is 2. The number of halogens is 1. The number of hydrogen-bond donors (Lipinski definition) is 1. The van der Waals surface area contributed by atoms with E-state index < -0.39 is 12.0 Å². The molecule has 6 heteroatoms. The van der Waals surface area contributed by atoms with Gasteiger partial charge in [-0.05, 0) is 30.0 Å². The van der Waals surface area contributed by atoms with Gasteiger partial charge < -0.3 is 14.9 Å². The van der Waals surface area contributed by atoms with E-state index in [1.54, 1.807) is 29.0 Å². The number of hydrogen-bond acceptors (Lipinski definition) is 3. The summed E-state index contributed by atoms with van der Waals surface area (Å²) in [6.07, 6.45) is 0.381. The summed E-state index contributed by atoms with van der Waals surface area (Å²) in [5, 5.41) is 10.0. The Morgan fingerprint density at radius 2 is 1.96 bits per heavy atom. The number of carbonyl (C=O) groups excluding carboxylic acids is 2. The number of rotatable bonds is 2. The maximum atomic E-state index is 13.2. The third-order valence-corrected chi connectivity index (χ3v) is 5.35. The lowest BCUT2D eigenvalue weighted by Gasteiger charge is -2.37. The summed E-state index contributed by atoms with van der Waals surface area (Å²) < 4.78 is 13.2.